The molecule has 8 rings (SSSR count). The minimum Gasteiger partial charge on any atom is -0.465 e. The number of aliphatic hydroxyl groups is 6. The summed E-state index contributed by atoms with van der Waals surface area (Å²) < 4.78 is 5.57. The standard InChI is InChI=1S/C51H76N4O10/c1-26-9-10-29-11-12-33-27(2)18-41(60)49(5,63)46-31(8-6-7-30(19-35(33)34(29)17-26)32-20-42(61)65-25-32)22-51(64)43-36(13-14-50(46,51)15-16-54-47(52)53)48(4)23-40(59)39(58)21-37(48)45(62)44(43)55-38(24-56)28(3)57/h11,26-27,30-41,46,55-56,58-60,63-64H,8-10,12-25H2,1-5H3,(H4,52,53,54)/t26-,27-,30-,31+,32+,33+,34+,35+,36+,37+,38+,39-,40+,41-,46-,48-,49+,50+,51-/m1/s1. The summed E-state index contributed by atoms with van der Waals surface area (Å²) >= 11 is 0. The van der Waals surface area contributed by atoms with Crippen LogP contribution in [-0.2, 0) is 19.1 Å². The number of nitrogens with one attached hydrogen (secondary N) is 1. The highest BCUT2D eigenvalue weighted by Gasteiger charge is 2.74. The molecule has 0 spiro atoms. The molecule has 0 amide bonds. The van der Waals surface area contributed by atoms with Gasteiger partial charge in [0.05, 0.1) is 54.8 Å². The quantitative estimate of drug-likeness (QED) is 0.0559. The molecule has 11 N–H and O–H groups in total. The van der Waals surface area contributed by atoms with E-state index < -0.39 is 88.2 Å². The number of Topliss-reactive ketones (excluding diaryl/α,β-unsaturated/α-hetero) is 2. The van der Waals surface area contributed by atoms with E-state index in [1.165, 1.54) is 12.5 Å². The zero-order valence-corrected chi connectivity index (χ0v) is 39.2. The van der Waals surface area contributed by atoms with Gasteiger partial charge < -0.3 is 52.2 Å². The summed E-state index contributed by atoms with van der Waals surface area (Å²) in [5.41, 5.74) is 7.95. The van der Waals surface area contributed by atoms with Crippen molar-refractivity contribution in [3.8, 4) is 11.8 Å². The van der Waals surface area contributed by atoms with Crippen molar-refractivity contribution in [2.24, 2.45) is 92.4 Å². The molecule has 14 heteroatoms. The Hall–Kier alpha value is -3.32. The van der Waals surface area contributed by atoms with E-state index in [4.69, 9.17) is 16.2 Å². The highest BCUT2D eigenvalue weighted by Crippen LogP contribution is 2.72. The molecule has 0 aromatic carbocycles. The van der Waals surface area contributed by atoms with E-state index in [9.17, 15) is 40.2 Å². The van der Waals surface area contributed by atoms with E-state index in [0.717, 1.165) is 32.1 Å². The van der Waals surface area contributed by atoms with Gasteiger partial charge >= 0.3 is 5.97 Å². The Labute approximate surface area is 384 Å². The second kappa shape index (κ2) is 18.0. The molecule has 0 unspecified atom stereocenters. The van der Waals surface area contributed by atoms with Crippen LogP contribution in [0.5, 0.6) is 0 Å². The molecule has 0 aromatic rings. The van der Waals surface area contributed by atoms with E-state index in [-0.39, 0.29) is 85.9 Å². The molecule has 65 heavy (non-hydrogen) atoms. The van der Waals surface area contributed by atoms with Crippen LogP contribution in [0.1, 0.15) is 125 Å². The number of guanidine groups is 1. The molecular weight excluding hydrogens is 829 g/mol. The zero-order chi connectivity index (χ0) is 47.0. The lowest BCUT2D eigenvalue weighted by atomic mass is 9.44. The molecule has 5 fully saturated rings. The molecule has 0 radical (unpaired) electrons. The lowest BCUT2D eigenvalue weighted by Gasteiger charge is -2.62. The maximum atomic E-state index is 15.1. The fraction of sp³-hybridized carbons (Fsp3) is 0.804. The Bertz CT molecular complexity index is 2040. The smallest absolute Gasteiger partial charge is 0.306 e. The molecular formula is C51H76N4O10. The SMILES string of the molecule is CC(=O)[C@H](CO)NC1=C2[C@H](CC[C@]3(CCN=C(N)N)[C@@H]4[C@@H](CC#C[C@@H]([C@@H]5COC(=O)C5)C[C@H]5[C@@H](CC=C6CC[C@@H](C)C[C@@H]65)[C@H](C)C[C@@H](O)[C@]4(C)O)C[C@@]23O)[C@@]2(C)C[C@H](O)[C@H](O)C[C@H]2C1=O. The van der Waals surface area contributed by atoms with Gasteiger partial charge in [0, 0.05) is 42.1 Å². The topological polar surface area (TPSA) is 258 Å². The van der Waals surface area contributed by atoms with Gasteiger partial charge in [-0.1, -0.05) is 38.3 Å². The van der Waals surface area contributed by atoms with Crippen LogP contribution in [0.15, 0.2) is 27.9 Å². The number of fused-ring (bicyclic) bond motifs is 10. The second-order valence-electron chi connectivity index (χ2n) is 22.7. The van der Waals surface area contributed by atoms with Crippen molar-refractivity contribution in [1.82, 2.24) is 5.32 Å². The Morgan fingerprint density at radius 1 is 1.00 bits per heavy atom. The molecule has 7 aliphatic carbocycles. The molecule has 360 valence electrons. The zero-order valence-electron chi connectivity index (χ0n) is 39.2. The molecule has 0 bridgehead atoms. The predicted molar refractivity (Wildman–Crippen MR) is 243 cm³/mol. The number of nitrogens with zero attached hydrogens (tertiary/aromatic N) is 1. The van der Waals surface area contributed by atoms with Crippen LogP contribution < -0.4 is 16.8 Å². The van der Waals surface area contributed by atoms with E-state index >= 15 is 4.79 Å². The second-order valence-corrected chi connectivity index (χ2v) is 22.7. The van der Waals surface area contributed by atoms with Crippen LogP contribution in [0.4, 0.5) is 0 Å². The first-order chi connectivity index (χ1) is 30.7. The first-order valence-electron chi connectivity index (χ1n) is 24.7. The highest BCUT2D eigenvalue weighted by atomic mass is 16.5. The third kappa shape index (κ3) is 8.19. The Kier molecular flexibility index (Phi) is 13.3. The number of carbonyl (C=O) groups is 3. The predicted octanol–water partition coefficient (Wildman–Crippen LogP) is 3.04. The summed E-state index contributed by atoms with van der Waals surface area (Å²) in [6, 6.07) is -1.17. The number of ether oxygens (including phenoxy) is 1. The Morgan fingerprint density at radius 3 is 2.43 bits per heavy atom. The maximum absolute atomic E-state index is 15.1. The van der Waals surface area contributed by atoms with Gasteiger partial charge in [-0.2, -0.15) is 0 Å². The highest BCUT2D eigenvalue weighted by molar-refractivity contribution is 6.00. The average Bonchev–Trinajstić information content (AvgIpc) is 3.79. The number of aliphatic hydroxyl groups excluding tert-OH is 4. The van der Waals surface area contributed by atoms with E-state index in [2.05, 4.69) is 42.1 Å². The number of ketones is 2. The van der Waals surface area contributed by atoms with Crippen LogP contribution >= 0.6 is 0 Å². The van der Waals surface area contributed by atoms with Crippen LogP contribution in [0.2, 0.25) is 0 Å². The van der Waals surface area contributed by atoms with Crippen molar-refractivity contribution in [2.75, 3.05) is 19.8 Å². The summed E-state index contributed by atoms with van der Waals surface area (Å²) in [7, 11) is 0. The number of allylic oxidation sites excluding steroid dienone is 3. The number of cyclic esters (lactones) is 1. The first-order valence-corrected chi connectivity index (χ1v) is 24.7. The van der Waals surface area contributed by atoms with Gasteiger partial charge in [-0.15, -0.1) is 5.92 Å². The van der Waals surface area contributed by atoms with Gasteiger partial charge in [-0.25, -0.2) is 0 Å². The molecule has 1 aliphatic heterocycles. The molecule has 0 aromatic heterocycles. The number of hydrogen-bond acceptors (Lipinski definition) is 12. The number of aliphatic imine (C=N–C) groups is 1. The minimum atomic E-state index is -1.86. The summed E-state index contributed by atoms with van der Waals surface area (Å²) in [6.07, 6.45) is 5.80. The summed E-state index contributed by atoms with van der Waals surface area (Å²) in [5.74, 6) is 4.65. The van der Waals surface area contributed by atoms with Gasteiger partial charge in [-0.3, -0.25) is 19.4 Å². The lowest BCUT2D eigenvalue weighted by Crippen LogP contribution is -2.66. The number of hydrogen-bond donors (Lipinski definition) is 9. The monoisotopic (exact) mass is 905 g/mol. The number of esters is 1. The number of rotatable bonds is 8. The van der Waals surface area contributed by atoms with Gasteiger partial charge in [0.15, 0.2) is 17.5 Å². The fourth-order valence-corrected chi connectivity index (χ4v) is 15.7. The third-order valence-corrected chi connectivity index (χ3v) is 19.0. The fourth-order valence-electron chi connectivity index (χ4n) is 15.7. The van der Waals surface area contributed by atoms with Crippen molar-refractivity contribution >= 4 is 23.5 Å². The lowest BCUT2D eigenvalue weighted by molar-refractivity contribution is -0.190. The maximum Gasteiger partial charge on any atom is 0.306 e. The Balaban J connectivity index is 1.30. The normalized spacial score (nSPS) is 46.6. The summed E-state index contributed by atoms with van der Waals surface area (Å²) in [6.45, 7) is 9.23. The van der Waals surface area contributed by atoms with Gasteiger partial charge in [0.2, 0.25) is 0 Å². The molecule has 4 saturated carbocycles. The largest absolute Gasteiger partial charge is 0.465 e. The van der Waals surface area contributed by atoms with E-state index in [1.807, 2.05) is 6.92 Å². The number of carbonyl (C=O) groups excluding carboxylic acids is 3. The van der Waals surface area contributed by atoms with Crippen molar-refractivity contribution in [3.63, 3.8) is 0 Å². The first kappa shape index (κ1) is 48.1. The van der Waals surface area contributed by atoms with Gasteiger partial charge in [0.25, 0.3) is 0 Å². The van der Waals surface area contributed by atoms with Crippen molar-refractivity contribution in [3.05, 3.63) is 22.9 Å². The van der Waals surface area contributed by atoms with Gasteiger partial charge in [-0.05, 0) is 143 Å². The molecule has 19 atom stereocenters. The molecule has 1 heterocycles. The van der Waals surface area contributed by atoms with Gasteiger partial charge in [0.1, 0.15) is 6.04 Å². The van der Waals surface area contributed by atoms with Crippen LogP contribution in [-0.4, -0.2) is 109 Å². The summed E-state index contributed by atoms with van der Waals surface area (Å²) in [4.78, 5) is 45.2. The van der Waals surface area contributed by atoms with E-state index in [0.29, 0.717) is 49.7 Å². The molecule has 14 nitrogen and oxygen atoms in total. The third-order valence-electron chi connectivity index (χ3n) is 19.0. The number of nitrogens with two attached hydrogens (primary N) is 2. The summed E-state index contributed by atoms with van der Waals surface area (Å²) in [5, 5.41) is 76.0. The van der Waals surface area contributed by atoms with E-state index in [1.54, 1.807) is 6.92 Å². The van der Waals surface area contributed by atoms with Crippen molar-refractivity contribution < 1.29 is 49.8 Å². The molecule has 1 saturated heterocycles. The van der Waals surface area contributed by atoms with Crippen LogP contribution in [0, 0.1) is 87.8 Å². The van der Waals surface area contributed by atoms with Crippen molar-refractivity contribution in [1.29, 1.82) is 0 Å². The molecule has 8 aliphatic rings. The Morgan fingerprint density at radius 2 is 1.75 bits per heavy atom. The van der Waals surface area contributed by atoms with Crippen LogP contribution in [0.3, 0.4) is 0 Å². The van der Waals surface area contributed by atoms with Crippen molar-refractivity contribution in [2.45, 2.75) is 160 Å². The van der Waals surface area contributed by atoms with Crippen LogP contribution in [0.25, 0.3) is 0 Å². The minimum absolute atomic E-state index is 0.0131. The average molecular weight is 905 g/mol.